The molecular weight excluding hydrogens is 254 g/mol. The van der Waals surface area contributed by atoms with Crippen molar-refractivity contribution in [2.45, 2.75) is 0 Å². The Balaban J connectivity index is 2.60. The van der Waals surface area contributed by atoms with Crippen LogP contribution in [0.1, 0.15) is 10.4 Å². The van der Waals surface area contributed by atoms with Crippen molar-refractivity contribution in [1.82, 2.24) is 9.82 Å². The number of aromatic nitrogens is 2. The van der Waals surface area contributed by atoms with Gasteiger partial charge in [-0.15, -0.1) is 0 Å². The van der Waals surface area contributed by atoms with Gasteiger partial charge in [0.2, 0.25) is 16.2 Å². The summed E-state index contributed by atoms with van der Waals surface area (Å²) in [5.41, 5.74) is 0.898. The second kappa shape index (κ2) is 4.34. The number of carbonyl (C=O) groups is 1. The molecule has 0 aliphatic carbocycles. The van der Waals surface area contributed by atoms with Crippen molar-refractivity contribution in [1.29, 1.82) is 0 Å². The van der Waals surface area contributed by atoms with Crippen LogP contribution in [-0.2, 0) is 17.1 Å². The Morgan fingerprint density at radius 1 is 1.33 bits per heavy atom. The van der Waals surface area contributed by atoms with Crippen LogP contribution in [0.15, 0.2) is 30.5 Å². The Hall–Kier alpha value is -2.02. The molecule has 0 unspecified atom stereocenters. The molecule has 0 radical (unpaired) electrons. The Bertz CT molecular complexity index is 725. The number of nitrogens with one attached hydrogen (secondary N) is 1. The number of aryl methyl sites for hydroxylation is 1. The van der Waals surface area contributed by atoms with E-state index in [0.717, 1.165) is 6.26 Å². The third-order valence-corrected chi connectivity index (χ3v) is 2.85. The number of hydrogen-bond donors (Lipinski definition) is 1. The number of carbonyl (C=O) groups excluding carboxylic acids is 1. The van der Waals surface area contributed by atoms with E-state index in [9.17, 15) is 13.2 Å². The SMILES string of the molecule is C[n+]1cc(C(=O)NS(C)(=O)=O)c2ccccc2n1. The van der Waals surface area contributed by atoms with Crippen molar-refractivity contribution in [3.63, 3.8) is 0 Å². The molecule has 1 heterocycles. The average molecular weight is 266 g/mol. The van der Waals surface area contributed by atoms with Crippen LogP contribution in [0, 0.1) is 0 Å². The molecule has 1 N–H and O–H groups in total. The van der Waals surface area contributed by atoms with Gasteiger partial charge in [0.05, 0.1) is 6.26 Å². The minimum Gasteiger partial charge on any atom is -0.268 e. The number of benzene rings is 1. The highest BCUT2D eigenvalue weighted by molar-refractivity contribution is 7.89. The lowest BCUT2D eigenvalue weighted by molar-refractivity contribution is -0.728. The molecule has 2 rings (SSSR count). The molecule has 0 aliphatic rings. The monoisotopic (exact) mass is 266 g/mol. The highest BCUT2D eigenvalue weighted by Crippen LogP contribution is 2.14. The summed E-state index contributed by atoms with van der Waals surface area (Å²) < 4.78 is 25.6. The zero-order valence-electron chi connectivity index (χ0n) is 9.91. The zero-order valence-corrected chi connectivity index (χ0v) is 10.7. The highest BCUT2D eigenvalue weighted by atomic mass is 32.2. The smallest absolute Gasteiger partial charge is 0.268 e. The van der Waals surface area contributed by atoms with E-state index in [1.54, 1.807) is 31.3 Å². The minimum absolute atomic E-state index is 0.272. The molecule has 6 nitrogen and oxygen atoms in total. The second-order valence-corrected chi connectivity index (χ2v) is 5.69. The van der Waals surface area contributed by atoms with E-state index < -0.39 is 15.9 Å². The number of amides is 1. The van der Waals surface area contributed by atoms with Gasteiger partial charge in [-0.2, -0.15) is 0 Å². The number of sulfonamides is 1. The van der Waals surface area contributed by atoms with Crippen LogP contribution in [0.3, 0.4) is 0 Å². The molecule has 2 aromatic rings. The zero-order chi connectivity index (χ0) is 13.3. The summed E-state index contributed by atoms with van der Waals surface area (Å²) in [5.74, 6) is -0.660. The summed E-state index contributed by atoms with van der Waals surface area (Å²) in [5, 5.41) is 4.81. The van der Waals surface area contributed by atoms with Gasteiger partial charge in [0.25, 0.3) is 5.91 Å². The minimum atomic E-state index is -3.58. The summed E-state index contributed by atoms with van der Waals surface area (Å²) >= 11 is 0. The second-order valence-electron chi connectivity index (χ2n) is 3.94. The van der Waals surface area contributed by atoms with Gasteiger partial charge in [0, 0.05) is 5.39 Å². The van der Waals surface area contributed by atoms with Crippen molar-refractivity contribution >= 4 is 26.8 Å². The lowest BCUT2D eigenvalue weighted by Gasteiger charge is -2.03. The third kappa shape index (κ3) is 2.62. The Labute approximate surface area is 104 Å². The van der Waals surface area contributed by atoms with Gasteiger partial charge in [-0.3, -0.25) is 4.79 Å². The highest BCUT2D eigenvalue weighted by Gasteiger charge is 2.18. The maximum atomic E-state index is 11.9. The maximum absolute atomic E-state index is 11.9. The first-order valence-electron chi connectivity index (χ1n) is 5.14. The molecule has 94 valence electrons. The van der Waals surface area contributed by atoms with E-state index in [-0.39, 0.29) is 5.56 Å². The molecule has 1 amide bonds. The fraction of sp³-hybridized carbons (Fsp3) is 0.182. The third-order valence-electron chi connectivity index (χ3n) is 2.30. The summed E-state index contributed by atoms with van der Waals surface area (Å²) in [7, 11) is -1.91. The van der Waals surface area contributed by atoms with Crippen LogP contribution >= 0.6 is 0 Å². The van der Waals surface area contributed by atoms with Crippen LogP contribution in [0.5, 0.6) is 0 Å². The summed E-state index contributed by atoms with van der Waals surface area (Å²) in [6.45, 7) is 0. The van der Waals surface area contributed by atoms with E-state index in [1.807, 2.05) is 4.72 Å². The first kappa shape index (κ1) is 12.4. The van der Waals surface area contributed by atoms with Crippen molar-refractivity contribution in [3.05, 3.63) is 36.0 Å². The van der Waals surface area contributed by atoms with Crippen molar-refractivity contribution in [3.8, 4) is 0 Å². The molecule has 0 spiro atoms. The van der Waals surface area contributed by atoms with Crippen molar-refractivity contribution < 1.29 is 17.9 Å². The molecule has 0 atom stereocenters. The molecule has 0 fully saturated rings. The van der Waals surface area contributed by atoms with Gasteiger partial charge >= 0.3 is 0 Å². The first-order chi connectivity index (χ1) is 8.37. The van der Waals surface area contributed by atoms with Crippen LogP contribution < -0.4 is 9.40 Å². The lowest BCUT2D eigenvalue weighted by atomic mass is 10.1. The number of rotatable bonds is 2. The van der Waals surface area contributed by atoms with Gasteiger partial charge in [0.1, 0.15) is 11.1 Å². The van der Waals surface area contributed by atoms with E-state index in [1.165, 1.54) is 10.9 Å². The van der Waals surface area contributed by atoms with Crippen molar-refractivity contribution in [2.24, 2.45) is 7.05 Å². The standard InChI is InChI=1S/C11H11N3O3S/c1-14-7-9(11(15)13-18(2,16)17)8-5-3-4-6-10(8)12-14/h3-7H,1-2H3/p+1. The van der Waals surface area contributed by atoms with Crippen LogP contribution in [0.2, 0.25) is 0 Å². The largest absolute Gasteiger partial charge is 0.271 e. The average Bonchev–Trinajstić information content (AvgIpc) is 2.25. The molecular formula is C11H12N3O3S+. The fourth-order valence-corrected chi connectivity index (χ4v) is 2.09. The molecule has 1 aromatic heterocycles. The summed E-state index contributed by atoms with van der Waals surface area (Å²) in [4.78, 5) is 11.9. The summed E-state index contributed by atoms with van der Waals surface area (Å²) in [6, 6.07) is 7.04. The molecule has 0 saturated carbocycles. The van der Waals surface area contributed by atoms with E-state index in [2.05, 4.69) is 5.10 Å². The maximum Gasteiger partial charge on any atom is 0.271 e. The lowest BCUT2D eigenvalue weighted by Crippen LogP contribution is -2.36. The molecule has 0 bridgehead atoms. The normalized spacial score (nSPS) is 11.4. The van der Waals surface area contributed by atoms with Gasteiger partial charge < -0.3 is 0 Å². The van der Waals surface area contributed by atoms with Crippen LogP contribution in [0.25, 0.3) is 10.9 Å². The number of hydrogen-bond acceptors (Lipinski definition) is 4. The van der Waals surface area contributed by atoms with Crippen LogP contribution in [-0.4, -0.2) is 25.7 Å². The van der Waals surface area contributed by atoms with Gasteiger partial charge in [-0.1, -0.05) is 22.9 Å². The Morgan fingerprint density at radius 2 is 2.00 bits per heavy atom. The fourth-order valence-electron chi connectivity index (χ4n) is 1.65. The number of nitrogens with zero attached hydrogens (tertiary/aromatic N) is 2. The molecule has 0 saturated heterocycles. The predicted molar refractivity (Wildman–Crippen MR) is 65.2 cm³/mol. The van der Waals surface area contributed by atoms with Crippen LogP contribution in [0.4, 0.5) is 0 Å². The van der Waals surface area contributed by atoms with Gasteiger partial charge in [0.15, 0.2) is 7.05 Å². The topological polar surface area (TPSA) is 80.0 Å². The number of fused-ring (bicyclic) bond motifs is 1. The first-order valence-corrected chi connectivity index (χ1v) is 7.04. The molecule has 1 aromatic carbocycles. The Kier molecular flexibility index (Phi) is 3.00. The quantitative estimate of drug-likeness (QED) is 0.760. The van der Waals surface area contributed by atoms with E-state index in [4.69, 9.17) is 0 Å². The van der Waals surface area contributed by atoms with E-state index in [0.29, 0.717) is 10.9 Å². The molecule has 7 heteroatoms. The van der Waals surface area contributed by atoms with Crippen molar-refractivity contribution in [2.75, 3.05) is 6.26 Å². The predicted octanol–water partition coefficient (Wildman–Crippen LogP) is -0.251. The molecule has 18 heavy (non-hydrogen) atoms. The van der Waals surface area contributed by atoms with Gasteiger partial charge in [-0.25, -0.2) is 13.1 Å². The van der Waals surface area contributed by atoms with E-state index >= 15 is 0 Å². The Morgan fingerprint density at radius 3 is 2.67 bits per heavy atom. The molecule has 0 aliphatic heterocycles. The van der Waals surface area contributed by atoms with Gasteiger partial charge in [-0.05, 0) is 11.2 Å². The summed E-state index contributed by atoms with van der Waals surface area (Å²) in [6.07, 6.45) is 2.43.